The second-order valence-corrected chi connectivity index (χ2v) is 35.8. The van der Waals surface area contributed by atoms with Gasteiger partial charge in [0.25, 0.3) is 5.91 Å². The molecular formula is C102H171N7O10. The fraction of sp³-hybridized carbons (Fsp3) is 0.755. The van der Waals surface area contributed by atoms with Crippen LogP contribution in [0.4, 0.5) is 0 Å². The number of unbranched alkanes of at least 4 members (excludes halogenated alkanes) is 44. The van der Waals surface area contributed by atoms with Gasteiger partial charge in [0.05, 0.1) is 13.2 Å². The fourth-order valence-corrected chi connectivity index (χ4v) is 17.0. The molecule has 119 heavy (non-hydrogen) atoms. The van der Waals surface area contributed by atoms with E-state index in [-0.39, 0.29) is 65.0 Å². The molecule has 0 radical (unpaired) electrons. The molecule has 0 saturated heterocycles. The first-order chi connectivity index (χ1) is 58.0. The Morgan fingerprint density at radius 1 is 0.336 bits per heavy atom. The minimum atomic E-state index is -0.956. The van der Waals surface area contributed by atoms with E-state index < -0.39 is 29.7 Å². The molecule has 17 nitrogen and oxygen atoms in total. The van der Waals surface area contributed by atoms with Gasteiger partial charge in [0, 0.05) is 54.8 Å². The maximum Gasteiger partial charge on any atom is 0.252 e. The van der Waals surface area contributed by atoms with Crippen LogP contribution in [0.1, 0.15) is 443 Å². The summed E-state index contributed by atoms with van der Waals surface area (Å²) in [4.78, 5) is 95.2. The van der Waals surface area contributed by atoms with E-state index >= 15 is 0 Å². The Morgan fingerprint density at radius 2 is 0.622 bits per heavy atom. The van der Waals surface area contributed by atoms with Gasteiger partial charge in [-0.3, -0.25) is 33.6 Å². The first-order valence-electron chi connectivity index (χ1n) is 49.4. The monoisotopic (exact) mass is 1650 g/mol. The van der Waals surface area contributed by atoms with E-state index in [1.807, 2.05) is 116 Å². The lowest BCUT2D eigenvalue weighted by Gasteiger charge is -2.38. The van der Waals surface area contributed by atoms with Crippen LogP contribution in [0.5, 0.6) is 23.0 Å². The smallest absolute Gasteiger partial charge is 0.252 e. The molecule has 0 bridgehead atoms. The fourth-order valence-electron chi connectivity index (χ4n) is 17.0. The van der Waals surface area contributed by atoms with Crippen molar-refractivity contribution < 1.29 is 47.8 Å². The molecule has 7 N–H and O–H groups in total. The summed E-state index contributed by atoms with van der Waals surface area (Å²) >= 11 is 0. The van der Waals surface area contributed by atoms with Gasteiger partial charge in [-0.25, -0.2) is 0 Å². The van der Waals surface area contributed by atoms with Gasteiger partial charge in [-0.2, -0.15) is 0 Å². The zero-order valence-electron chi connectivity index (χ0n) is 77.0. The maximum atomic E-state index is 13.9. The van der Waals surface area contributed by atoms with E-state index in [0.717, 1.165) is 171 Å². The number of carbonyl (C=O) groups is 7. The van der Waals surface area contributed by atoms with Gasteiger partial charge in [0.15, 0.2) is 0 Å². The number of rotatable bonds is 74. The van der Waals surface area contributed by atoms with Gasteiger partial charge in [-0.05, 0) is 98.1 Å². The standard InChI is InChI=1S/C102H171N7O10/c1-11-17-19-21-23-25-27-29-31-33-35-37-41-47-53-61-73-103-98(113)93(79(7)13-3)107-100(115)95(81(9)15-5)105-91(110)67-57-51-45-39-43-49-55-63-75-117-83-69-71-87-89(77-83)119-90-78-84(70-72-88(90)102(87)86-66-60-59-65-85(86)97(112)109-102)118-76-64-56-50-44-40-46-52-58-68-92(111)106-96(82(10)16-6)101(116)108-94(80(8)14-4)99(114)104-74-62-54-48-42-38-36-34-32-30-28-26-24-22-20-18-12-2/h59-60,65-66,69-72,77-82,93-96H,11-58,61-64,67-68,73-76H2,1-10H3,(H,103,113)(H,104,114)(H,105,110)(H,106,111)(H,107,115)(H,108,116)(H,109,112)/t79-,80-,81-,82-,93-,94-,95-,96-/m0/s1. The molecule has 3 aromatic rings. The summed E-state index contributed by atoms with van der Waals surface area (Å²) in [5.74, 6) is 1.12. The summed E-state index contributed by atoms with van der Waals surface area (Å²) in [5.41, 5.74) is 2.23. The van der Waals surface area contributed by atoms with Crippen molar-refractivity contribution in [3.05, 3.63) is 82.9 Å². The highest BCUT2D eigenvalue weighted by molar-refractivity contribution is 6.02. The van der Waals surface area contributed by atoms with Crippen molar-refractivity contribution in [1.82, 2.24) is 37.2 Å². The number of ether oxygens (including phenoxy) is 3. The Morgan fingerprint density at radius 3 is 0.941 bits per heavy atom. The van der Waals surface area contributed by atoms with Crippen LogP contribution < -0.4 is 51.4 Å². The summed E-state index contributed by atoms with van der Waals surface area (Å²) in [5, 5.41) is 21.8. The average Bonchev–Trinajstić information content (AvgIpc) is 1.59. The molecule has 0 unspecified atom stereocenters. The third-order valence-electron chi connectivity index (χ3n) is 25.8. The van der Waals surface area contributed by atoms with Crippen LogP contribution in [-0.2, 0) is 34.3 Å². The number of fused-ring (bicyclic) bond motifs is 6. The van der Waals surface area contributed by atoms with E-state index in [9.17, 15) is 33.6 Å². The molecule has 1 spiro atoms. The average molecular weight is 1660 g/mol. The lowest BCUT2D eigenvalue weighted by molar-refractivity contribution is -0.134. The van der Waals surface area contributed by atoms with Crippen LogP contribution in [0.2, 0.25) is 0 Å². The van der Waals surface area contributed by atoms with Crippen molar-refractivity contribution in [3.8, 4) is 23.0 Å². The Bertz CT molecular complexity index is 3090. The highest BCUT2D eigenvalue weighted by Gasteiger charge is 2.51. The number of hydrogen-bond donors (Lipinski definition) is 7. The van der Waals surface area contributed by atoms with Crippen molar-refractivity contribution in [2.45, 2.75) is 446 Å². The van der Waals surface area contributed by atoms with Gasteiger partial charge >= 0.3 is 0 Å². The Hall–Kier alpha value is -6.65. The number of carbonyl (C=O) groups excluding carboxylic acids is 7. The zero-order valence-corrected chi connectivity index (χ0v) is 77.0. The van der Waals surface area contributed by atoms with E-state index in [2.05, 4.69) is 51.1 Å². The number of hydrogen-bond acceptors (Lipinski definition) is 10. The van der Waals surface area contributed by atoms with E-state index in [0.29, 0.717) is 67.7 Å². The molecule has 2 heterocycles. The number of benzene rings is 3. The van der Waals surface area contributed by atoms with Crippen LogP contribution in [0, 0.1) is 23.7 Å². The van der Waals surface area contributed by atoms with E-state index in [4.69, 9.17) is 14.2 Å². The molecule has 5 rings (SSSR count). The number of nitrogens with one attached hydrogen (secondary N) is 7. The third kappa shape index (κ3) is 39.6. The minimum absolute atomic E-state index is 0.0486. The van der Waals surface area contributed by atoms with Gasteiger partial charge in [0.1, 0.15) is 52.7 Å². The summed E-state index contributed by atoms with van der Waals surface area (Å²) in [6, 6.07) is 16.9. The van der Waals surface area contributed by atoms with Gasteiger partial charge in [-0.15, -0.1) is 0 Å². The summed E-state index contributed by atoms with van der Waals surface area (Å²) in [6.45, 7) is 23.0. The first kappa shape index (κ1) is 103. The highest BCUT2D eigenvalue weighted by Crippen LogP contribution is 2.54. The summed E-state index contributed by atoms with van der Waals surface area (Å²) in [7, 11) is 0. The van der Waals surface area contributed by atoms with Gasteiger partial charge in [0.2, 0.25) is 35.4 Å². The Labute approximate surface area is 724 Å². The molecule has 8 atom stereocenters. The molecule has 7 amide bonds. The second kappa shape index (κ2) is 63.3. The summed E-state index contributed by atoms with van der Waals surface area (Å²) in [6.07, 6.45) is 61.2. The quantitative estimate of drug-likeness (QED) is 0.0264. The van der Waals surface area contributed by atoms with Crippen molar-refractivity contribution >= 4 is 41.4 Å². The second-order valence-electron chi connectivity index (χ2n) is 35.8. The molecule has 2 aliphatic heterocycles. The molecule has 0 aromatic heterocycles. The van der Waals surface area contributed by atoms with Crippen molar-refractivity contribution in [3.63, 3.8) is 0 Å². The normalized spacial score (nSPS) is 14.6. The molecule has 2 aliphatic rings. The van der Waals surface area contributed by atoms with Crippen LogP contribution in [-0.4, -0.2) is 91.8 Å². The molecule has 674 valence electrons. The van der Waals surface area contributed by atoms with Crippen molar-refractivity contribution in [2.24, 2.45) is 23.7 Å². The third-order valence-corrected chi connectivity index (χ3v) is 25.8. The van der Waals surface area contributed by atoms with E-state index in [1.54, 1.807) is 0 Å². The molecule has 0 saturated carbocycles. The predicted octanol–water partition coefficient (Wildman–Crippen LogP) is 24.5. The molecular weight excluding hydrogens is 1480 g/mol. The van der Waals surface area contributed by atoms with Crippen LogP contribution in [0.25, 0.3) is 0 Å². The van der Waals surface area contributed by atoms with Crippen LogP contribution in [0.3, 0.4) is 0 Å². The summed E-state index contributed by atoms with van der Waals surface area (Å²) < 4.78 is 19.5. The Kier molecular flexibility index (Phi) is 54.7. The number of amides is 7. The largest absolute Gasteiger partial charge is 0.493 e. The molecule has 17 heteroatoms. The van der Waals surface area contributed by atoms with Gasteiger partial charge in [-0.1, -0.05) is 383 Å². The zero-order chi connectivity index (χ0) is 85.9. The maximum absolute atomic E-state index is 13.9. The minimum Gasteiger partial charge on any atom is -0.493 e. The van der Waals surface area contributed by atoms with Crippen molar-refractivity contribution in [1.29, 1.82) is 0 Å². The lowest BCUT2D eigenvalue weighted by atomic mass is 9.76. The van der Waals surface area contributed by atoms with Gasteiger partial charge < -0.3 is 51.4 Å². The van der Waals surface area contributed by atoms with Crippen LogP contribution >= 0.6 is 0 Å². The molecule has 0 aliphatic carbocycles. The SMILES string of the molecule is CCCCCCCCCCCCCCCCCCNC(=O)[C@@H](NC(=O)[C@@H](NC(=O)CCCCCCCCCCOc1ccc2c(c1)Oc1cc(OCCCCCCCCCCC(=O)N[C@H](C(=O)N[C@H](C(=O)NCCCCCCCCCCCCCCCCCC)[C@@H](C)CC)[C@@H](C)CC)ccc1C21NC(=O)c2ccccc21)[C@@H](C)CC)[C@@H](C)CC. The lowest BCUT2D eigenvalue weighted by Crippen LogP contribution is -2.57. The molecule has 0 fully saturated rings. The van der Waals surface area contributed by atoms with E-state index in [1.165, 1.54) is 180 Å². The topological polar surface area (TPSA) is 231 Å². The Balaban J connectivity index is 0.938. The van der Waals surface area contributed by atoms with Crippen molar-refractivity contribution in [2.75, 3.05) is 26.3 Å². The molecule has 3 aromatic carbocycles. The highest BCUT2D eigenvalue weighted by atomic mass is 16.5. The van der Waals surface area contributed by atoms with Crippen LogP contribution in [0.15, 0.2) is 60.7 Å². The first-order valence-corrected chi connectivity index (χ1v) is 49.4. The predicted molar refractivity (Wildman–Crippen MR) is 491 cm³/mol.